The number of hydrogen-bond donors (Lipinski definition) is 2. The highest BCUT2D eigenvalue weighted by molar-refractivity contribution is 9.10. The molecule has 0 radical (unpaired) electrons. The number of benzene rings is 1. The summed E-state index contributed by atoms with van der Waals surface area (Å²) in [6, 6.07) is 4.54. The molecule has 2 rings (SSSR count). The van der Waals surface area contributed by atoms with Gasteiger partial charge in [-0.1, -0.05) is 0 Å². The number of rotatable bonds is 4. The van der Waals surface area contributed by atoms with E-state index in [1.165, 1.54) is 6.07 Å². The highest BCUT2D eigenvalue weighted by Gasteiger charge is 2.22. The molecule has 1 fully saturated rings. The van der Waals surface area contributed by atoms with Crippen LogP contribution in [0.4, 0.5) is 5.69 Å². The van der Waals surface area contributed by atoms with Gasteiger partial charge in [0.25, 0.3) is 0 Å². The van der Waals surface area contributed by atoms with E-state index in [9.17, 15) is 13.5 Å². The summed E-state index contributed by atoms with van der Waals surface area (Å²) in [6.07, 6.45) is 2.52. The molecular weight excluding hydrogens is 334 g/mol. The number of nitrogens with one attached hydrogen (secondary N) is 1. The zero-order valence-electron chi connectivity index (χ0n) is 10.3. The van der Waals surface area contributed by atoms with Gasteiger partial charge in [-0.2, -0.15) is 0 Å². The average molecular weight is 350 g/mol. The predicted molar refractivity (Wildman–Crippen MR) is 76.8 cm³/mol. The number of phenols is 1. The summed E-state index contributed by atoms with van der Waals surface area (Å²) in [5.74, 6) is -0.0572. The van der Waals surface area contributed by atoms with Gasteiger partial charge in [0.05, 0.1) is 22.0 Å². The molecule has 106 valence electrons. The highest BCUT2D eigenvalue weighted by atomic mass is 79.9. The summed E-state index contributed by atoms with van der Waals surface area (Å²) in [7, 11) is -3.47. The molecule has 0 saturated carbocycles. The minimum Gasteiger partial charge on any atom is -0.507 e. The van der Waals surface area contributed by atoms with E-state index in [2.05, 4.69) is 20.7 Å². The summed E-state index contributed by atoms with van der Waals surface area (Å²) >= 11 is 3.14. The van der Waals surface area contributed by atoms with E-state index in [0.717, 1.165) is 19.3 Å². The van der Waals surface area contributed by atoms with E-state index in [1.54, 1.807) is 12.1 Å². The summed E-state index contributed by atoms with van der Waals surface area (Å²) in [5, 5.41) is 9.51. The van der Waals surface area contributed by atoms with Crippen molar-refractivity contribution in [3.8, 4) is 5.75 Å². The third-order valence-electron chi connectivity index (χ3n) is 2.90. The number of aromatic hydroxyl groups is 1. The van der Waals surface area contributed by atoms with Crippen LogP contribution in [0.3, 0.4) is 0 Å². The number of anilines is 1. The molecule has 1 aliphatic heterocycles. The smallest absolute Gasteiger partial charge is 0.235 e. The van der Waals surface area contributed by atoms with Gasteiger partial charge in [-0.15, -0.1) is 0 Å². The van der Waals surface area contributed by atoms with Crippen LogP contribution in [-0.4, -0.2) is 32.0 Å². The molecule has 1 unspecified atom stereocenters. The Hall–Kier alpha value is -0.790. The Kier molecular flexibility index (Phi) is 4.70. The second-order valence-electron chi connectivity index (χ2n) is 4.54. The molecule has 0 amide bonds. The minimum absolute atomic E-state index is 0.00545. The number of halogens is 1. The molecule has 1 saturated heterocycles. The van der Waals surface area contributed by atoms with E-state index in [1.807, 2.05) is 0 Å². The lowest BCUT2D eigenvalue weighted by Gasteiger charge is -2.22. The summed E-state index contributed by atoms with van der Waals surface area (Å²) in [6.45, 7) is 0.624. The Morgan fingerprint density at radius 3 is 2.84 bits per heavy atom. The topological polar surface area (TPSA) is 75.6 Å². The van der Waals surface area contributed by atoms with Crippen molar-refractivity contribution in [3.05, 3.63) is 22.7 Å². The van der Waals surface area contributed by atoms with Gasteiger partial charge in [0.2, 0.25) is 10.0 Å². The van der Waals surface area contributed by atoms with Gasteiger partial charge in [0.15, 0.2) is 0 Å². The van der Waals surface area contributed by atoms with Crippen LogP contribution in [-0.2, 0) is 14.8 Å². The molecule has 0 aliphatic carbocycles. The van der Waals surface area contributed by atoms with Crippen LogP contribution in [0.1, 0.15) is 19.3 Å². The third kappa shape index (κ3) is 4.36. The number of hydrogen-bond acceptors (Lipinski definition) is 4. The van der Waals surface area contributed by atoms with Crippen LogP contribution in [0.2, 0.25) is 0 Å². The molecule has 0 bridgehead atoms. The maximum Gasteiger partial charge on any atom is 0.235 e. The summed E-state index contributed by atoms with van der Waals surface area (Å²) in [4.78, 5) is 0. The van der Waals surface area contributed by atoms with Gasteiger partial charge >= 0.3 is 0 Å². The Balaban J connectivity index is 2.01. The van der Waals surface area contributed by atoms with E-state index in [0.29, 0.717) is 16.8 Å². The first-order valence-corrected chi connectivity index (χ1v) is 8.51. The fraction of sp³-hybridized carbons (Fsp3) is 0.500. The number of sulfonamides is 1. The first kappa shape index (κ1) is 14.6. The van der Waals surface area contributed by atoms with Crippen molar-refractivity contribution >= 4 is 31.6 Å². The molecule has 1 aromatic rings. The molecule has 0 aromatic heterocycles. The molecule has 1 heterocycles. The largest absolute Gasteiger partial charge is 0.507 e. The molecular formula is C12H16BrNO4S. The Labute approximate surface area is 121 Å². The SMILES string of the molecule is O=S(=O)(CC1CCCCO1)Nc1ccc(Br)c(O)c1. The van der Waals surface area contributed by atoms with Crippen molar-refractivity contribution < 1.29 is 18.3 Å². The van der Waals surface area contributed by atoms with Crippen LogP contribution in [0.5, 0.6) is 5.75 Å². The molecule has 19 heavy (non-hydrogen) atoms. The first-order chi connectivity index (χ1) is 8.96. The van der Waals surface area contributed by atoms with Crippen molar-refractivity contribution in [2.24, 2.45) is 0 Å². The second kappa shape index (κ2) is 6.11. The maximum absolute atomic E-state index is 12.0. The molecule has 0 spiro atoms. The monoisotopic (exact) mass is 349 g/mol. The Morgan fingerprint density at radius 1 is 1.42 bits per heavy atom. The lowest BCUT2D eigenvalue weighted by molar-refractivity contribution is 0.0306. The predicted octanol–water partition coefficient (Wildman–Crippen LogP) is 2.47. The van der Waals surface area contributed by atoms with Crippen LogP contribution in [0, 0.1) is 0 Å². The van der Waals surface area contributed by atoms with E-state index >= 15 is 0 Å². The van der Waals surface area contributed by atoms with Crippen molar-refractivity contribution in [1.29, 1.82) is 0 Å². The lowest BCUT2D eigenvalue weighted by atomic mass is 10.1. The van der Waals surface area contributed by atoms with Crippen LogP contribution in [0.25, 0.3) is 0 Å². The van der Waals surface area contributed by atoms with Crippen molar-refractivity contribution in [2.45, 2.75) is 25.4 Å². The lowest BCUT2D eigenvalue weighted by Crippen LogP contribution is -2.30. The average Bonchev–Trinajstić information content (AvgIpc) is 2.34. The first-order valence-electron chi connectivity index (χ1n) is 6.07. The molecule has 7 heteroatoms. The zero-order valence-corrected chi connectivity index (χ0v) is 12.7. The third-order valence-corrected chi connectivity index (χ3v) is 4.93. The minimum atomic E-state index is -3.47. The van der Waals surface area contributed by atoms with Gasteiger partial charge in [-0.3, -0.25) is 4.72 Å². The van der Waals surface area contributed by atoms with Gasteiger partial charge < -0.3 is 9.84 Å². The van der Waals surface area contributed by atoms with Crippen molar-refractivity contribution in [1.82, 2.24) is 0 Å². The normalized spacial score (nSPS) is 20.2. The molecule has 1 atom stereocenters. The highest BCUT2D eigenvalue weighted by Crippen LogP contribution is 2.27. The van der Waals surface area contributed by atoms with Crippen LogP contribution >= 0.6 is 15.9 Å². The fourth-order valence-electron chi connectivity index (χ4n) is 1.98. The summed E-state index contributed by atoms with van der Waals surface area (Å²) < 4.78 is 32.3. The standard InChI is InChI=1S/C12H16BrNO4S/c13-11-5-4-9(7-12(11)15)14-19(16,17)8-10-3-1-2-6-18-10/h4-5,7,10,14-15H,1-3,6,8H2. The Bertz CT molecular complexity index is 541. The van der Waals surface area contributed by atoms with Gasteiger partial charge in [-0.25, -0.2) is 8.42 Å². The van der Waals surface area contributed by atoms with Gasteiger partial charge in [0.1, 0.15) is 5.75 Å². The Morgan fingerprint density at radius 2 is 2.21 bits per heavy atom. The summed E-state index contributed by atoms with van der Waals surface area (Å²) in [5.41, 5.74) is 0.344. The number of phenolic OH excluding ortho intramolecular Hbond substituents is 1. The fourth-order valence-corrected chi connectivity index (χ4v) is 3.55. The van der Waals surface area contributed by atoms with Gasteiger partial charge in [0, 0.05) is 12.7 Å². The quantitative estimate of drug-likeness (QED) is 0.875. The van der Waals surface area contributed by atoms with E-state index in [4.69, 9.17) is 4.74 Å². The number of ether oxygens (including phenoxy) is 1. The van der Waals surface area contributed by atoms with Gasteiger partial charge in [-0.05, 0) is 47.3 Å². The van der Waals surface area contributed by atoms with E-state index < -0.39 is 10.0 Å². The van der Waals surface area contributed by atoms with E-state index in [-0.39, 0.29) is 17.6 Å². The second-order valence-corrected chi connectivity index (χ2v) is 7.16. The van der Waals surface area contributed by atoms with Crippen LogP contribution in [0.15, 0.2) is 22.7 Å². The molecule has 5 nitrogen and oxygen atoms in total. The maximum atomic E-state index is 12.0. The zero-order chi connectivity index (χ0) is 13.9. The molecule has 2 N–H and O–H groups in total. The van der Waals surface area contributed by atoms with Crippen molar-refractivity contribution in [3.63, 3.8) is 0 Å². The van der Waals surface area contributed by atoms with Crippen molar-refractivity contribution in [2.75, 3.05) is 17.1 Å². The van der Waals surface area contributed by atoms with Crippen LogP contribution < -0.4 is 4.72 Å². The molecule has 1 aromatic carbocycles. The molecule has 1 aliphatic rings.